The van der Waals surface area contributed by atoms with Crippen LogP contribution in [-0.2, 0) is 14.3 Å². The van der Waals surface area contributed by atoms with E-state index >= 15 is 0 Å². The van der Waals surface area contributed by atoms with Crippen molar-refractivity contribution < 1.29 is 14.3 Å². The summed E-state index contributed by atoms with van der Waals surface area (Å²) in [7, 11) is 0. The minimum atomic E-state index is -0.0318. The Hall–Kier alpha value is -0.690. The van der Waals surface area contributed by atoms with Crippen molar-refractivity contribution in [1.82, 2.24) is 15.5 Å². The number of nitrogens with zero attached hydrogens (tertiary/aromatic N) is 1. The molecule has 2 aliphatic heterocycles. The molecule has 20 heavy (non-hydrogen) atoms. The highest BCUT2D eigenvalue weighted by Crippen LogP contribution is 2.15. The Morgan fingerprint density at radius 3 is 2.70 bits per heavy atom. The standard InChI is InChI=1S/C14H27N3O3/c1-14(2,17-4-7-19-8-5-17)11-16-13(18)9-12-10-20-6-3-15-12/h12,15H,3-11H2,1-2H3,(H,16,18). The maximum Gasteiger partial charge on any atom is 0.221 e. The summed E-state index contributed by atoms with van der Waals surface area (Å²) in [6.45, 7) is 10.6. The Labute approximate surface area is 121 Å². The molecule has 6 heteroatoms. The highest BCUT2D eigenvalue weighted by atomic mass is 16.5. The molecule has 0 saturated carbocycles. The fourth-order valence-electron chi connectivity index (χ4n) is 2.64. The number of amides is 1. The Bertz CT molecular complexity index is 311. The van der Waals surface area contributed by atoms with E-state index in [4.69, 9.17) is 9.47 Å². The molecule has 0 aromatic carbocycles. The van der Waals surface area contributed by atoms with Crippen LogP contribution >= 0.6 is 0 Å². The van der Waals surface area contributed by atoms with Crippen LogP contribution in [0.15, 0.2) is 0 Å². The van der Waals surface area contributed by atoms with Crippen molar-refractivity contribution in [1.29, 1.82) is 0 Å². The van der Waals surface area contributed by atoms with Crippen LogP contribution < -0.4 is 10.6 Å². The lowest BCUT2D eigenvalue weighted by Gasteiger charge is -2.41. The maximum absolute atomic E-state index is 12.0. The molecular weight excluding hydrogens is 258 g/mol. The second-order valence-electron chi connectivity index (χ2n) is 6.12. The van der Waals surface area contributed by atoms with Crippen LogP contribution in [0.3, 0.4) is 0 Å². The number of nitrogens with one attached hydrogen (secondary N) is 2. The van der Waals surface area contributed by atoms with Gasteiger partial charge in [0, 0.05) is 44.2 Å². The summed E-state index contributed by atoms with van der Waals surface area (Å²) in [4.78, 5) is 14.4. The summed E-state index contributed by atoms with van der Waals surface area (Å²) in [6.07, 6.45) is 0.485. The molecule has 116 valence electrons. The van der Waals surface area contributed by atoms with E-state index < -0.39 is 0 Å². The van der Waals surface area contributed by atoms with E-state index in [0.717, 1.165) is 39.5 Å². The van der Waals surface area contributed by atoms with Gasteiger partial charge in [-0.25, -0.2) is 0 Å². The van der Waals surface area contributed by atoms with Crippen LogP contribution in [-0.4, -0.2) is 75.0 Å². The highest BCUT2D eigenvalue weighted by Gasteiger charge is 2.28. The molecule has 1 unspecified atom stereocenters. The van der Waals surface area contributed by atoms with Crippen LogP contribution in [0.25, 0.3) is 0 Å². The largest absolute Gasteiger partial charge is 0.379 e. The molecule has 0 aromatic heterocycles. The van der Waals surface area contributed by atoms with Crippen LogP contribution in [0.5, 0.6) is 0 Å². The third-order valence-electron chi connectivity index (χ3n) is 4.02. The topological polar surface area (TPSA) is 62.8 Å². The first-order valence-corrected chi connectivity index (χ1v) is 7.48. The molecular formula is C14H27N3O3. The molecule has 2 saturated heterocycles. The van der Waals surface area contributed by atoms with Crippen molar-refractivity contribution in [3.8, 4) is 0 Å². The van der Waals surface area contributed by atoms with Gasteiger partial charge < -0.3 is 20.1 Å². The lowest BCUT2D eigenvalue weighted by molar-refractivity contribution is -0.123. The molecule has 1 atom stereocenters. The molecule has 0 aromatic rings. The number of hydrogen-bond donors (Lipinski definition) is 2. The van der Waals surface area contributed by atoms with Crippen molar-refractivity contribution in [3.63, 3.8) is 0 Å². The SMILES string of the molecule is CC(C)(CNC(=O)CC1COCCN1)N1CCOCC1. The fourth-order valence-corrected chi connectivity index (χ4v) is 2.64. The van der Waals surface area contributed by atoms with Gasteiger partial charge in [-0.15, -0.1) is 0 Å². The Balaban J connectivity index is 1.70. The smallest absolute Gasteiger partial charge is 0.221 e. The zero-order valence-corrected chi connectivity index (χ0v) is 12.6. The number of hydrogen-bond acceptors (Lipinski definition) is 5. The molecule has 0 spiro atoms. The van der Waals surface area contributed by atoms with Gasteiger partial charge in [-0.05, 0) is 13.8 Å². The van der Waals surface area contributed by atoms with Gasteiger partial charge in [-0.1, -0.05) is 0 Å². The molecule has 2 fully saturated rings. The van der Waals surface area contributed by atoms with E-state index in [1.54, 1.807) is 0 Å². The van der Waals surface area contributed by atoms with Crippen LogP contribution in [0.2, 0.25) is 0 Å². The van der Waals surface area contributed by atoms with Crippen molar-refractivity contribution in [2.45, 2.75) is 31.8 Å². The normalized spacial score (nSPS) is 25.4. The van der Waals surface area contributed by atoms with Gasteiger partial charge in [-0.2, -0.15) is 0 Å². The molecule has 2 N–H and O–H groups in total. The van der Waals surface area contributed by atoms with Gasteiger partial charge in [0.05, 0.1) is 26.4 Å². The van der Waals surface area contributed by atoms with E-state index in [9.17, 15) is 4.79 Å². The number of carbonyl (C=O) groups is 1. The maximum atomic E-state index is 12.0. The van der Waals surface area contributed by atoms with E-state index in [1.165, 1.54) is 0 Å². The predicted octanol–water partition coefficient (Wildman–Crippen LogP) is -0.408. The fraction of sp³-hybridized carbons (Fsp3) is 0.929. The van der Waals surface area contributed by atoms with Gasteiger partial charge in [0.25, 0.3) is 0 Å². The Morgan fingerprint density at radius 2 is 2.05 bits per heavy atom. The average Bonchev–Trinajstić information content (AvgIpc) is 2.47. The van der Waals surface area contributed by atoms with Gasteiger partial charge in [-0.3, -0.25) is 9.69 Å². The van der Waals surface area contributed by atoms with Gasteiger partial charge in [0.1, 0.15) is 0 Å². The first-order valence-electron chi connectivity index (χ1n) is 7.48. The third kappa shape index (κ3) is 4.70. The summed E-state index contributed by atoms with van der Waals surface area (Å²) in [5.41, 5.74) is -0.0318. The third-order valence-corrected chi connectivity index (χ3v) is 4.02. The average molecular weight is 285 g/mol. The number of carbonyl (C=O) groups excluding carboxylic acids is 1. The predicted molar refractivity (Wildman–Crippen MR) is 76.7 cm³/mol. The van der Waals surface area contributed by atoms with Crippen LogP contribution in [0, 0.1) is 0 Å². The minimum Gasteiger partial charge on any atom is -0.379 e. The van der Waals surface area contributed by atoms with E-state index in [-0.39, 0.29) is 17.5 Å². The van der Waals surface area contributed by atoms with E-state index in [2.05, 4.69) is 29.4 Å². The zero-order chi connectivity index (χ0) is 14.4. The minimum absolute atomic E-state index is 0.0318. The molecule has 2 aliphatic rings. The lowest BCUT2D eigenvalue weighted by Crippen LogP contribution is -2.55. The molecule has 6 nitrogen and oxygen atoms in total. The number of ether oxygens (including phenoxy) is 2. The quantitative estimate of drug-likeness (QED) is 0.719. The molecule has 2 heterocycles. The summed E-state index contributed by atoms with van der Waals surface area (Å²) < 4.78 is 10.7. The first kappa shape index (κ1) is 15.7. The zero-order valence-electron chi connectivity index (χ0n) is 12.6. The number of morpholine rings is 2. The van der Waals surface area contributed by atoms with Crippen molar-refractivity contribution in [2.75, 3.05) is 52.6 Å². The first-order chi connectivity index (χ1) is 9.58. The van der Waals surface area contributed by atoms with E-state index in [0.29, 0.717) is 19.6 Å². The summed E-state index contributed by atoms with van der Waals surface area (Å²) in [5, 5.41) is 6.35. The molecule has 0 bridgehead atoms. The van der Waals surface area contributed by atoms with Crippen LogP contribution in [0.4, 0.5) is 0 Å². The van der Waals surface area contributed by atoms with Crippen molar-refractivity contribution in [2.24, 2.45) is 0 Å². The van der Waals surface area contributed by atoms with Crippen LogP contribution in [0.1, 0.15) is 20.3 Å². The molecule has 2 rings (SSSR count). The van der Waals surface area contributed by atoms with Gasteiger partial charge >= 0.3 is 0 Å². The lowest BCUT2D eigenvalue weighted by atomic mass is 10.0. The second kappa shape index (κ2) is 7.36. The summed E-state index contributed by atoms with van der Waals surface area (Å²) in [5.74, 6) is 0.0920. The summed E-state index contributed by atoms with van der Waals surface area (Å²) >= 11 is 0. The molecule has 0 aliphatic carbocycles. The van der Waals surface area contributed by atoms with Gasteiger partial charge in [0.15, 0.2) is 0 Å². The van der Waals surface area contributed by atoms with Crippen molar-refractivity contribution >= 4 is 5.91 Å². The molecule has 1 amide bonds. The second-order valence-corrected chi connectivity index (χ2v) is 6.12. The Morgan fingerprint density at radius 1 is 1.30 bits per heavy atom. The van der Waals surface area contributed by atoms with E-state index in [1.807, 2.05) is 0 Å². The monoisotopic (exact) mass is 285 g/mol. The highest BCUT2D eigenvalue weighted by molar-refractivity contribution is 5.76. The molecule has 0 radical (unpaired) electrons. The Kier molecular flexibility index (Phi) is 5.77. The number of rotatable bonds is 5. The summed E-state index contributed by atoms with van der Waals surface area (Å²) in [6, 6.07) is 0.148. The van der Waals surface area contributed by atoms with Gasteiger partial charge in [0.2, 0.25) is 5.91 Å². The van der Waals surface area contributed by atoms with Crippen molar-refractivity contribution in [3.05, 3.63) is 0 Å².